The summed E-state index contributed by atoms with van der Waals surface area (Å²) >= 11 is 5.79. The van der Waals surface area contributed by atoms with Gasteiger partial charge >= 0.3 is 0 Å². The van der Waals surface area contributed by atoms with Crippen molar-refractivity contribution in [3.63, 3.8) is 0 Å². The quantitative estimate of drug-likeness (QED) is 0.725. The van der Waals surface area contributed by atoms with Crippen molar-refractivity contribution < 1.29 is 4.74 Å². The molecular weight excluding hydrogens is 382 g/mol. The zero-order valence-electron chi connectivity index (χ0n) is 17.2. The SMILES string of the molecule is Cc1ccc2cc(CN(C(=S)NCC3CCCO3)C3CCCCC3)c(=O)[nH]c2c1. The van der Waals surface area contributed by atoms with Crippen LogP contribution in [-0.4, -0.2) is 40.3 Å². The van der Waals surface area contributed by atoms with Crippen molar-refractivity contribution in [2.75, 3.05) is 13.2 Å². The second kappa shape index (κ2) is 9.26. The molecule has 2 heterocycles. The third kappa shape index (κ3) is 4.98. The number of hydrogen-bond donors (Lipinski definition) is 2. The van der Waals surface area contributed by atoms with E-state index >= 15 is 0 Å². The van der Waals surface area contributed by atoms with Gasteiger partial charge in [-0.05, 0) is 67.9 Å². The number of pyridine rings is 1. The number of aryl methyl sites for hydroxylation is 1. The number of aromatic amines is 1. The van der Waals surface area contributed by atoms with Gasteiger partial charge in [0, 0.05) is 30.3 Å². The van der Waals surface area contributed by atoms with Gasteiger partial charge < -0.3 is 19.9 Å². The van der Waals surface area contributed by atoms with E-state index in [9.17, 15) is 4.79 Å². The molecule has 0 spiro atoms. The molecule has 5 nitrogen and oxygen atoms in total. The Balaban J connectivity index is 1.54. The molecule has 1 aromatic heterocycles. The lowest BCUT2D eigenvalue weighted by molar-refractivity contribution is 0.112. The number of fused-ring (bicyclic) bond motifs is 1. The highest BCUT2D eigenvalue weighted by Crippen LogP contribution is 2.24. The van der Waals surface area contributed by atoms with E-state index < -0.39 is 0 Å². The first kappa shape index (κ1) is 20.4. The molecule has 1 aromatic carbocycles. The second-order valence-corrected chi connectivity index (χ2v) is 8.84. The standard InChI is InChI=1S/C23H31N3O2S/c1-16-9-10-17-13-18(22(27)25-21(17)12-16)15-26(19-6-3-2-4-7-19)23(29)24-14-20-8-5-11-28-20/h9-10,12-13,19-20H,2-8,11,14-15H2,1H3,(H,24,29)(H,25,27). The van der Waals surface area contributed by atoms with Crippen molar-refractivity contribution >= 4 is 28.2 Å². The summed E-state index contributed by atoms with van der Waals surface area (Å²) in [5.74, 6) is 0. The molecule has 0 bridgehead atoms. The molecule has 0 radical (unpaired) electrons. The Kier molecular flexibility index (Phi) is 6.50. The molecule has 1 aliphatic carbocycles. The van der Waals surface area contributed by atoms with Gasteiger partial charge in [0.15, 0.2) is 5.11 Å². The van der Waals surface area contributed by atoms with Gasteiger partial charge in [-0.2, -0.15) is 0 Å². The lowest BCUT2D eigenvalue weighted by Gasteiger charge is -2.36. The third-order valence-electron chi connectivity index (χ3n) is 6.20. The van der Waals surface area contributed by atoms with E-state index in [0.29, 0.717) is 12.6 Å². The largest absolute Gasteiger partial charge is 0.376 e. The smallest absolute Gasteiger partial charge is 0.253 e. The molecule has 1 saturated heterocycles. The first-order valence-electron chi connectivity index (χ1n) is 10.9. The fraction of sp³-hybridized carbons (Fsp3) is 0.565. The normalized spacial score (nSPS) is 20.1. The summed E-state index contributed by atoms with van der Waals surface area (Å²) in [5, 5.41) is 5.23. The average molecular weight is 414 g/mol. The average Bonchev–Trinajstić information content (AvgIpc) is 3.25. The number of H-pyrrole nitrogens is 1. The number of hydrogen-bond acceptors (Lipinski definition) is 3. The third-order valence-corrected chi connectivity index (χ3v) is 6.58. The van der Waals surface area contributed by atoms with Crippen LogP contribution in [0.1, 0.15) is 56.1 Å². The molecule has 29 heavy (non-hydrogen) atoms. The highest BCUT2D eigenvalue weighted by atomic mass is 32.1. The Hall–Kier alpha value is -1.92. The van der Waals surface area contributed by atoms with Crippen molar-refractivity contribution in [1.29, 1.82) is 0 Å². The first-order chi connectivity index (χ1) is 14.1. The maximum Gasteiger partial charge on any atom is 0.253 e. The number of benzene rings is 1. The van der Waals surface area contributed by atoms with E-state index in [-0.39, 0.29) is 11.7 Å². The fourth-order valence-corrected chi connectivity index (χ4v) is 4.83. The molecular formula is C23H31N3O2S. The molecule has 2 aliphatic rings. The van der Waals surface area contributed by atoms with Crippen LogP contribution in [0.3, 0.4) is 0 Å². The van der Waals surface area contributed by atoms with Crippen molar-refractivity contribution in [1.82, 2.24) is 15.2 Å². The molecule has 1 saturated carbocycles. The molecule has 6 heteroatoms. The number of thiocarbonyl (C=S) groups is 1. The summed E-state index contributed by atoms with van der Waals surface area (Å²) < 4.78 is 5.73. The Labute approximate surface area is 177 Å². The Morgan fingerprint density at radius 2 is 2.03 bits per heavy atom. The van der Waals surface area contributed by atoms with Crippen LogP contribution in [0.25, 0.3) is 10.9 Å². The Bertz CT molecular complexity index is 914. The molecule has 2 aromatic rings. The highest BCUT2D eigenvalue weighted by Gasteiger charge is 2.25. The van der Waals surface area contributed by atoms with Gasteiger partial charge in [-0.25, -0.2) is 0 Å². The monoisotopic (exact) mass is 413 g/mol. The van der Waals surface area contributed by atoms with Gasteiger partial charge in [0.25, 0.3) is 5.56 Å². The zero-order chi connectivity index (χ0) is 20.2. The maximum atomic E-state index is 12.8. The molecule has 2 fully saturated rings. The minimum absolute atomic E-state index is 0.0224. The van der Waals surface area contributed by atoms with Crippen LogP contribution in [0.15, 0.2) is 29.1 Å². The fourth-order valence-electron chi connectivity index (χ4n) is 4.53. The van der Waals surface area contributed by atoms with Gasteiger partial charge in [-0.3, -0.25) is 4.79 Å². The summed E-state index contributed by atoms with van der Waals surface area (Å²) in [4.78, 5) is 18.1. The number of ether oxygens (including phenoxy) is 1. The van der Waals surface area contributed by atoms with Crippen LogP contribution in [0, 0.1) is 6.92 Å². The summed E-state index contributed by atoms with van der Waals surface area (Å²) in [5.41, 5.74) is 2.78. The van der Waals surface area contributed by atoms with E-state index in [1.807, 2.05) is 19.1 Å². The van der Waals surface area contributed by atoms with Crippen LogP contribution in [0.5, 0.6) is 0 Å². The number of aromatic nitrogens is 1. The van der Waals surface area contributed by atoms with Crippen molar-refractivity contribution in [3.05, 3.63) is 45.7 Å². The number of rotatable bonds is 5. The van der Waals surface area contributed by atoms with Crippen molar-refractivity contribution in [2.45, 2.75) is 70.6 Å². The minimum atomic E-state index is -0.0224. The zero-order valence-corrected chi connectivity index (χ0v) is 18.0. The van der Waals surface area contributed by atoms with E-state index in [1.54, 1.807) is 0 Å². The van der Waals surface area contributed by atoms with Crippen LogP contribution < -0.4 is 10.9 Å². The van der Waals surface area contributed by atoms with E-state index in [2.05, 4.69) is 27.3 Å². The van der Waals surface area contributed by atoms with Crippen LogP contribution in [0.4, 0.5) is 0 Å². The van der Waals surface area contributed by atoms with Gasteiger partial charge in [0.05, 0.1) is 12.6 Å². The summed E-state index contributed by atoms with van der Waals surface area (Å²) in [6, 6.07) is 8.58. The number of nitrogens with one attached hydrogen (secondary N) is 2. The second-order valence-electron chi connectivity index (χ2n) is 8.46. The molecule has 1 unspecified atom stereocenters. The predicted molar refractivity (Wildman–Crippen MR) is 121 cm³/mol. The van der Waals surface area contributed by atoms with Crippen LogP contribution in [-0.2, 0) is 11.3 Å². The molecule has 156 valence electrons. The van der Waals surface area contributed by atoms with Crippen molar-refractivity contribution in [2.24, 2.45) is 0 Å². The van der Waals surface area contributed by atoms with E-state index in [0.717, 1.165) is 66.0 Å². The lowest BCUT2D eigenvalue weighted by atomic mass is 9.94. The summed E-state index contributed by atoms with van der Waals surface area (Å²) in [6.07, 6.45) is 8.45. The van der Waals surface area contributed by atoms with Crippen LogP contribution >= 0.6 is 12.2 Å². The first-order valence-corrected chi connectivity index (χ1v) is 11.3. The molecule has 0 amide bonds. The topological polar surface area (TPSA) is 57.4 Å². The summed E-state index contributed by atoms with van der Waals surface area (Å²) in [6.45, 7) is 4.17. The van der Waals surface area contributed by atoms with Gasteiger partial charge in [-0.1, -0.05) is 31.4 Å². The number of nitrogens with zero attached hydrogens (tertiary/aromatic N) is 1. The summed E-state index contributed by atoms with van der Waals surface area (Å²) in [7, 11) is 0. The van der Waals surface area contributed by atoms with Gasteiger partial charge in [-0.15, -0.1) is 0 Å². The lowest BCUT2D eigenvalue weighted by Crippen LogP contribution is -2.48. The molecule has 2 N–H and O–H groups in total. The minimum Gasteiger partial charge on any atom is -0.376 e. The Morgan fingerprint density at radius 3 is 2.79 bits per heavy atom. The molecule has 1 aliphatic heterocycles. The van der Waals surface area contributed by atoms with Gasteiger partial charge in [0.2, 0.25) is 0 Å². The van der Waals surface area contributed by atoms with Gasteiger partial charge in [0.1, 0.15) is 0 Å². The predicted octanol–water partition coefficient (Wildman–Crippen LogP) is 4.02. The van der Waals surface area contributed by atoms with E-state index in [1.165, 1.54) is 19.3 Å². The van der Waals surface area contributed by atoms with E-state index in [4.69, 9.17) is 17.0 Å². The molecule has 1 atom stereocenters. The maximum absolute atomic E-state index is 12.8. The van der Waals surface area contributed by atoms with Crippen LogP contribution in [0.2, 0.25) is 0 Å². The van der Waals surface area contributed by atoms with Crippen molar-refractivity contribution in [3.8, 4) is 0 Å². The highest BCUT2D eigenvalue weighted by molar-refractivity contribution is 7.80. The molecule has 4 rings (SSSR count). The Morgan fingerprint density at radius 1 is 1.21 bits per heavy atom.